The van der Waals surface area contributed by atoms with Crippen molar-refractivity contribution < 1.29 is 14.4 Å². The molecule has 0 bridgehead atoms. The Balaban J connectivity index is 1.75. The average Bonchev–Trinajstić information content (AvgIpc) is 3.15. The van der Waals surface area contributed by atoms with Gasteiger partial charge in [-0.2, -0.15) is 0 Å². The highest BCUT2D eigenvalue weighted by atomic mass is 79.9. The molecule has 1 fully saturated rings. The Kier molecular flexibility index (Phi) is 4.90. The van der Waals surface area contributed by atoms with Gasteiger partial charge in [0, 0.05) is 22.1 Å². The zero-order chi connectivity index (χ0) is 20.5. The van der Waals surface area contributed by atoms with E-state index in [0.29, 0.717) is 11.4 Å². The number of carbonyl (C=O) groups is 3. The number of benzene rings is 2. The second-order valence-electron chi connectivity index (χ2n) is 6.58. The first-order chi connectivity index (χ1) is 13.9. The third-order valence-corrected chi connectivity index (χ3v) is 5.07. The highest BCUT2D eigenvalue weighted by Gasteiger charge is 2.36. The van der Waals surface area contributed by atoms with E-state index >= 15 is 0 Å². The number of imide groups is 2. The second-order valence-corrected chi connectivity index (χ2v) is 7.49. The fraction of sp³-hybridized carbons (Fsp3) is 0.0455. The number of rotatable bonds is 3. The van der Waals surface area contributed by atoms with Gasteiger partial charge in [-0.3, -0.25) is 14.9 Å². The number of amides is 4. The van der Waals surface area contributed by atoms with Gasteiger partial charge >= 0.3 is 6.03 Å². The summed E-state index contributed by atoms with van der Waals surface area (Å²) in [6.45, 7) is 1.99. The van der Waals surface area contributed by atoms with Crippen LogP contribution < -0.4 is 10.2 Å². The number of urea groups is 1. The van der Waals surface area contributed by atoms with E-state index in [1.165, 1.54) is 6.08 Å². The standard InChI is InChI=1S/C22H16BrN3O3/c1-14-4-2-5-17(12-14)25-11-3-6-18(25)13-19-20(27)24-22(29)26(21(19)28)16-9-7-15(23)8-10-16/h2-13H,1H3,(H,24,27,29)/b19-13+. The van der Waals surface area contributed by atoms with Gasteiger partial charge in [-0.25, -0.2) is 9.69 Å². The van der Waals surface area contributed by atoms with Crippen LogP contribution in [0.4, 0.5) is 10.5 Å². The number of hydrogen-bond acceptors (Lipinski definition) is 3. The van der Waals surface area contributed by atoms with E-state index in [-0.39, 0.29) is 5.57 Å². The van der Waals surface area contributed by atoms with Crippen LogP contribution in [-0.4, -0.2) is 22.4 Å². The number of barbiturate groups is 1. The Morgan fingerprint density at radius 2 is 1.69 bits per heavy atom. The van der Waals surface area contributed by atoms with Crippen molar-refractivity contribution in [2.45, 2.75) is 6.92 Å². The third-order valence-electron chi connectivity index (χ3n) is 4.54. The van der Waals surface area contributed by atoms with Crippen molar-refractivity contribution >= 4 is 45.5 Å². The SMILES string of the molecule is Cc1cccc(-n2cccc2/C=C2\C(=O)NC(=O)N(c3ccc(Br)cc3)C2=O)c1. The number of hydrogen-bond donors (Lipinski definition) is 1. The Morgan fingerprint density at radius 3 is 2.41 bits per heavy atom. The summed E-state index contributed by atoms with van der Waals surface area (Å²) in [6, 6.07) is 17.4. The van der Waals surface area contributed by atoms with Gasteiger partial charge in [0.1, 0.15) is 5.57 Å². The summed E-state index contributed by atoms with van der Waals surface area (Å²) in [5.74, 6) is -1.39. The fourth-order valence-corrected chi connectivity index (χ4v) is 3.42. The normalized spacial score (nSPS) is 15.7. The Bertz CT molecular complexity index is 1160. The lowest BCUT2D eigenvalue weighted by molar-refractivity contribution is -0.122. The van der Waals surface area contributed by atoms with Gasteiger partial charge in [-0.1, -0.05) is 28.1 Å². The van der Waals surface area contributed by atoms with E-state index < -0.39 is 17.8 Å². The van der Waals surface area contributed by atoms with E-state index in [1.807, 2.05) is 48.0 Å². The minimum Gasteiger partial charge on any atom is -0.317 e. The third kappa shape index (κ3) is 3.64. The summed E-state index contributed by atoms with van der Waals surface area (Å²) >= 11 is 3.32. The van der Waals surface area contributed by atoms with Crippen molar-refractivity contribution in [2.24, 2.45) is 0 Å². The van der Waals surface area contributed by atoms with Gasteiger partial charge in [0.15, 0.2) is 0 Å². The van der Waals surface area contributed by atoms with Crippen LogP contribution in [0.1, 0.15) is 11.3 Å². The molecule has 0 unspecified atom stereocenters. The number of halogens is 1. The molecule has 1 aliphatic heterocycles. The summed E-state index contributed by atoms with van der Waals surface area (Å²) < 4.78 is 2.69. The quantitative estimate of drug-likeness (QED) is 0.480. The lowest BCUT2D eigenvalue weighted by Gasteiger charge is -2.26. The van der Waals surface area contributed by atoms with Gasteiger partial charge in [0.05, 0.1) is 5.69 Å². The van der Waals surface area contributed by atoms with Crippen LogP contribution >= 0.6 is 15.9 Å². The molecule has 2 heterocycles. The van der Waals surface area contributed by atoms with Crippen molar-refractivity contribution in [3.05, 3.63) is 88.2 Å². The van der Waals surface area contributed by atoms with Crippen molar-refractivity contribution in [3.63, 3.8) is 0 Å². The molecule has 6 nitrogen and oxygen atoms in total. The number of anilines is 1. The maximum Gasteiger partial charge on any atom is 0.335 e. The van der Waals surface area contributed by atoms with Crippen LogP contribution in [0.3, 0.4) is 0 Å². The Morgan fingerprint density at radius 1 is 0.931 bits per heavy atom. The first-order valence-electron chi connectivity index (χ1n) is 8.85. The molecule has 4 rings (SSSR count). The summed E-state index contributed by atoms with van der Waals surface area (Å²) in [6.07, 6.45) is 3.35. The van der Waals surface area contributed by atoms with Crippen LogP contribution in [0, 0.1) is 6.92 Å². The molecule has 0 radical (unpaired) electrons. The number of aromatic nitrogens is 1. The van der Waals surface area contributed by atoms with Crippen LogP contribution in [0.5, 0.6) is 0 Å². The molecule has 0 atom stereocenters. The second kappa shape index (κ2) is 7.52. The molecule has 0 aliphatic carbocycles. The summed E-state index contributed by atoms with van der Waals surface area (Å²) in [4.78, 5) is 38.7. The van der Waals surface area contributed by atoms with Gasteiger partial charge in [0.2, 0.25) is 0 Å². The lowest BCUT2D eigenvalue weighted by Crippen LogP contribution is -2.54. The smallest absolute Gasteiger partial charge is 0.317 e. The molecule has 2 aromatic carbocycles. The molecule has 1 aliphatic rings. The topological polar surface area (TPSA) is 71.4 Å². The molecule has 1 saturated heterocycles. The van der Waals surface area contributed by atoms with Crippen molar-refractivity contribution in [3.8, 4) is 5.69 Å². The molecule has 1 N–H and O–H groups in total. The molecule has 144 valence electrons. The molecule has 29 heavy (non-hydrogen) atoms. The molecule has 1 aromatic heterocycles. The van der Waals surface area contributed by atoms with Gasteiger partial charge in [-0.15, -0.1) is 0 Å². The van der Waals surface area contributed by atoms with Gasteiger partial charge in [-0.05, 0) is 67.1 Å². The number of nitrogens with one attached hydrogen (secondary N) is 1. The Hall–Kier alpha value is -3.45. The van der Waals surface area contributed by atoms with E-state index in [0.717, 1.165) is 20.6 Å². The molecule has 4 amide bonds. The van der Waals surface area contributed by atoms with E-state index in [2.05, 4.69) is 21.2 Å². The lowest BCUT2D eigenvalue weighted by atomic mass is 10.1. The van der Waals surface area contributed by atoms with Crippen molar-refractivity contribution in [1.82, 2.24) is 9.88 Å². The maximum atomic E-state index is 13.0. The predicted octanol–water partition coefficient (Wildman–Crippen LogP) is 4.21. The predicted molar refractivity (Wildman–Crippen MR) is 114 cm³/mol. The number of aryl methyl sites for hydroxylation is 1. The Labute approximate surface area is 175 Å². The van der Waals surface area contributed by atoms with Crippen LogP contribution in [0.25, 0.3) is 11.8 Å². The molecule has 0 saturated carbocycles. The van der Waals surface area contributed by atoms with Gasteiger partial charge < -0.3 is 4.57 Å². The maximum absolute atomic E-state index is 13.0. The summed E-state index contributed by atoms with van der Waals surface area (Å²) in [5, 5.41) is 2.24. The minimum atomic E-state index is -0.770. The van der Waals surface area contributed by atoms with Crippen LogP contribution in [-0.2, 0) is 9.59 Å². The highest BCUT2D eigenvalue weighted by molar-refractivity contribution is 9.10. The van der Waals surface area contributed by atoms with Crippen LogP contribution in [0.15, 0.2) is 76.9 Å². The van der Waals surface area contributed by atoms with E-state index in [9.17, 15) is 14.4 Å². The van der Waals surface area contributed by atoms with Crippen molar-refractivity contribution in [2.75, 3.05) is 4.90 Å². The molecule has 0 spiro atoms. The molecular weight excluding hydrogens is 434 g/mol. The average molecular weight is 450 g/mol. The largest absolute Gasteiger partial charge is 0.335 e. The zero-order valence-electron chi connectivity index (χ0n) is 15.4. The van der Waals surface area contributed by atoms with E-state index in [4.69, 9.17) is 0 Å². The number of carbonyl (C=O) groups excluding carboxylic acids is 3. The molecular formula is C22H16BrN3O3. The van der Waals surface area contributed by atoms with E-state index in [1.54, 1.807) is 30.3 Å². The first-order valence-corrected chi connectivity index (χ1v) is 9.65. The van der Waals surface area contributed by atoms with Gasteiger partial charge in [0.25, 0.3) is 11.8 Å². The molecule has 3 aromatic rings. The van der Waals surface area contributed by atoms with Crippen LogP contribution in [0.2, 0.25) is 0 Å². The number of nitrogens with zero attached hydrogens (tertiary/aromatic N) is 2. The monoisotopic (exact) mass is 449 g/mol. The highest BCUT2D eigenvalue weighted by Crippen LogP contribution is 2.24. The zero-order valence-corrected chi connectivity index (χ0v) is 17.0. The first kappa shape index (κ1) is 18.9. The fourth-order valence-electron chi connectivity index (χ4n) is 3.15. The minimum absolute atomic E-state index is 0.111. The van der Waals surface area contributed by atoms with Crippen molar-refractivity contribution in [1.29, 1.82) is 0 Å². The summed E-state index contributed by atoms with van der Waals surface area (Å²) in [5.41, 5.74) is 2.92. The summed E-state index contributed by atoms with van der Waals surface area (Å²) in [7, 11) is 0. The molecule has 7 heteroatoms.